The first-order valence-corrected chi connectivity index (χ1v) is 10.1. The van der Waals surface area contributed by atoms with Crippen LogP contribution in [0.25, 0.3) is 0 Å². The number of carbonyl (C=O) groups is 1. The lowest BCUT2D eigenvalue weighted by Crippen LogP contribution is -2.54. The van der Waals surface area contributed by atoms with Crippen molar-refractivity contribution in [3.8, 4) is 0 Å². The Morgan fingerprint density at radius 2 is 2.15 bits per heavy atom. The molecule has 5 atom stereocenters. The zero-order valence-electron chi connectivity index (χ0n) is 15.7. The van der Waals surface area contributed by atoms with Gasteiger partial charge in [0.15, 0.2) is 0 Å². The molecule has 26 heavy (non-hydrogen) atoms. The molecule has 2 aliphatic carbocycles. The second-order valence-electron chi connectivity index (χ2n) is 8.53. The van der Waals surface area contributed by atoms with Crippen LogP contribution in [0.2, 0.25) is 0 Å². The molecule has 1 aromatic rings. The summed E-state index contributed by atoms with van der Waals surface area (Å²) in [5.41, 5.74) is 0.956. The maximum Gasteiger partial charge on any atom is 0.224 e. The fourth-order valence-electron chi connectivity index (χ4n) is 5.63. The van der Waals surface area contributed by atoms with E-state index in [1.807, 2.05) is 6.92 Å². The van der Waals surface area contributed by atoms with Crippen molar-refractivity contribution in [2.75, 3.05) is 24.7 Å². The summed E-state index contributed by atoms with van der Waals surface area (Å²) in [4.78, 5) is 24.6. The van der Waals surface area contributed by atoms with Crippen LogP contribution in [-0.2, 0) is 16.0 Å². The van der Waals surface area contributed by atoms with E-state index in [0.29, 0.717) is 17.9 Å². The summed E-state index contributed by atoms with van der Waals surface area (Å²) in [6, 6.07) is 2.46. The quantitative estimate of drug-likeness (QED) is 0.892. The Morgan fingerprint density at radius 3 is 2.92 bits per heavy atom. The number of nitrogens with zero attached hydrogens (tertiary/aromatic N) is 3. The molecule has 3 heterocycles. The Morgan fingerprint density at radius 1 is 1.35 bits per heavy atom. The van der Waals surface area contributed by atoms with Crippen LogP contribution in [0.15, 0.2) is 6.07 Å². The smallest absolute Gasteiger partial charge is 0.224 e. The van der Waals surface area contributed by atoms with Crippen LogP contribution < -0.4 is 10.2 Å². The van der Waals surface area contributed by atoms with Gasteiger partial charge in [-0.25, -0.2) is 9.97 Å². The lowest BCUT2D eigenvalue weighted by Gasteiger charge is -2.34. The Hall–Kier alpha value is -1.69. The van der Waals surface area contributed by atoms with E-state index in [-0.39, 0.29) is 17.4 Å². The van der Waals surface area contributed by atoms with Crippen molar-refractivity contribution in [2.24, 2.45) is 17.8 Å². The fraction of sp³-hybridized carbons (Fsp3) is 0.750. The zero-order chi connectivity index (χ0) is 17.9. The first kappa shape index (κ1) is 16.5. The number of hydrogen-bond donors (Lipinski definition) is 1. The molecular weight excluding hydrogens is 328 g/mol. The topological polar surface area (TPSA) is 67.4 Å². The van der Waals surface area contributed by atoms with Crippen molar-refractivity contribution in [3.63, 3.8) is 0 Å². The molecule has 140 valence electrons. The lowest BCUT2D eigenvalue weighted by molar-refractivity contribution is -0.125. The molecule has 2 aliphatic heterocycles. The van der Waals surface area contributed by atoms with Crippen LogP contribution >= 0.6 is 0 Å². The predicted octanol–water partition coefficient (Wildman–Crippen LogP) is 1.86. The number of fused-ring (bicyclic) bond motifs is 2. The Bertz CT molecular complexity index is 729. The van der Waals surface area contributed by atoms with Crippen LogP contribution in [0.4, 0.5) is 5.82 Å². The molecule has 3 unspecified atom stereocenters. The minimum absolute atomic E-state index is 0.0694. The average Bonchev–Trinajstić information content (AvgIpc) is 2.99. The molecule has 2 saturated heterocycles. The number of nitrogens with one attached hydrogen (secondary N) is 1. The van der Waals surface area contributed by atoms with Crippen LogP contribution in [-0.4, -0.2) is 47.2 Å². The number of aromatic nitrogens is 2. The summed E-state index contributed by atoms with van der Waals surface area (Å²) in [7, 11) is 0. The summed E-state index contributed by atoms with van der Waals surface area (Å²) in [5, 5.41) is 3.51. The second kappa shape index (κ2) is 5.91. The van der Waals surface area contributed by atoms with Crippen molar-refractivity contribution in [1.29, 1.82) is 0 Å². The molecule has 2 saturated carbocycles. The van der Waals surface area contributed by atoms with E-state index in [2.05, 4.69) is 28.2 Å². The normalized spacial score (nSPS) is 37.5. The number of rotatable bonds is 4. The molecule has 4 aliphatic rings. The number of carbonyl (C=O) groups excluding carboxylic acids is 1. The van der Waals surface area contributed by atoms with Crippen LogP contribution in [0.5, 0.6) is 0 Å². The molecule has 0 radical (unpaired) electrons. The van der Waals surface area contributed by atoms with Gasteiger partial charge in [-0.2, -0.15) is 0 Å². The van der Waals surface area contributed by atoms with Gasteiger partial charge >= 0.3 is 0 Å². The minimum Gasteiger partial charge on any atom is -0.381 e. The van der Waals surface area contributed by atoms with E-state index >= 15 is 0 Å². The maximum atomic E-state index is 12.9. The Balaban J connectivity index is 1.36. The highest BCUT2D eigenvalue weighted by Gasteiger charge is 2.60. The molecular formula is C20H28N4O2. The summed E-state index contributed by atoms with van der Waals surface area (Å²) >= 11 is 0. The van der Waals surface area contributed by atoms with Crippen LogP contribution in [0.3, 0.4) is 0 Å². The fourth-order valence-corrected chi connectivity index (χ4v) is 5.63. The third-order valence-corrected chi connectivity index (χ3v) is 7.04. The van der Waals surface area contributed by atoms with E-state index in [4.69, 9.17) is 9.72 Å². The lowest BCUT2D eigenvalue weighted by atomic mass is 9.92. The van der Waals surface area contributed by atoms with Gasteiger partial charge in [0.25, 0.3) is 0 Å². The number of anilines is 1. The molecule has 6 nitrogen and oxygen atoms in total. The van der Waals surface area contributed by atoms with Crippen molar-refractivity contribution < 1.29 is 9.53 Å². The molecule has 0 spiro atoms. The maximum absolute atomic E-state index is 12.9. The van der Waals surface area contributed by atoms with Gasteiger partial charge in [-0.1, -0.05) is 6.92 Å². The van der Waals surface area contributed by atoms with Crippen LogP contribution in [0, 0.1) is 24.7 Å². The van der Waals surface area contributed by atoms with E-state index < -0.39 is 0 Å². The minimum atomic E-state index is -0.0694. The molecule has 5 rings (SSSR count). The number of hydrogen-bond acceptors (Lipinski definition) is 5. The van der Waals surface area contributed by atoms with Gasteiger partial charge in [0.1, 0.15) is 11.6 Å². The zero-order valence-corrected chi connectivity index (χ0v) is 15.7. The highest BCUT2D eigenvalue weighted by atomic mass is 16.5. The van der Waals surface area contributed by atoms with Gasteiger partial charge in [0.05, 0.1) is 24.8 Å². The monoisotopic (exact) mass is 356 g/mol. The molecule has 0 aromatic carbocycles. The second-order valence-corrected chi connectivity index (χ2v) is 8.53. The predicted molar refractivity (Wildman–Crippen MR) is 97.9 cm³/mol. The largest absolute Gasteiger partial charge is 0.381 e. The molecule has 1 aromatic heterocycles. The number of amides is 1. The molecule has 4 fully saturated rings. The number of aryl methyl sites for hydroxylation is 2. The first-order valence-electron chi connectivity index (χ1n) is 10.1. The van der Waals surface area contributed by atoms with Crippen molar-refractivity contribution in [2.45, 2.75) is 57.5 Å². The van der Waals surface area contributed by atoms with Gasteiger partial charge in [-0.05, 0) is 44.4 Å². The first-order chi connectivity index (χ1) is 12.6. The van der Waals surface area contributed by atoms with Gasteiger partial charge in [-0.15, -0.1) is 0 Å². The van der Waals surface area contributed by atoms with E-state index in [1.54, 1.807) is 0 Å². The third-order valence-electron chi connectivity index (χ3n) is 7.04. The summed E-state index contributed by atoms with van der Waals surface area (Å²) in [6.07, 6.45) is 5.26. The van der Waals surface area contributed by atoms with Gasteiger partial charge < -0.3 is 15.0 Å². The molecule has 0 bridgehead atoms. The Labute approximate surface area is 154 Å². The Kier molecular flexibility index (Phi) is 3.75. The summed E-state index contributed by atoms with van der Waals surface area (Å²) < 4.78 is 5.45. The summed E-state index contributed by atoms with van der Waals surface area (Å²) in [5.74, 6) is 3.35. The summed E-state index contributed by atoms with van der Waals surface area (Å²) in [6.45, 7) is 6.64. The third kappa shape index (κ3) is 2.45. The number of ether oxygens (including phenoxy) is 1. The van der Waals surface area contributed by atoms with Crippen molar-refractivity contribution in [1.82, 2.24) is 15.3 Å². The molecule has 1 amide bonds. The standard InChI is InChI=1S/C20H28N4O2/c1-3-16-21-12(2)9-17(22-16)24-8-7-20(6-4-5-15(20)24)23-19(25)18-13-10-26-11-14(13)18/h9,13-15,18H,3-8,10-11H2,1-2H3,(H,23,25)/t13-,14+,15?,18?,20?. The average molecular weight is 356 g/mol. The van der Waals surface area contributed by atoms with E-state index in [1.165, 1.54) is 6.42 Å². The van der Waals surface area contributed by atoms with Gasteiger partial charge in [-0.3, -0.25) is 4.79 Å². The van der Waals surface area contributed by atoms with Crippen LogP contribution in [0.1, 0.15) is 44.1 Å². The highest BCUT2D eigenvalue weighted by molar-refractivity contribution is 5.83. The van der Waals surface area contributed by atoms with Crippen molar-refractivity contribution >= 4 is 11.7 Å². The van der Waals surface area contributed by atoms with E-state index in [9.17, 15) is 4.79 Å². The SMILES string of the molecule is CCc1nc(C)cc(N2CCC3(NC(=O)C4[C@H]5COC[C@@H]45)CCCC23)n1. The highest BCUT2D eigenvalue weighted by Crippen LogP contribution is 2.52. The molecule has 1 N–H and O–H groups in total. The van der Waals surface area contributed by atoms with Crippen molar-refractivity contribution in [3.05, 3.63) is 17.6 Å². The van der Waals surface area contributed by atoms with Gasteiger partial charge in [0, 0.05) is 30.6 Å². The van der Waals surface area contributed by atoms with Gasteiger partial charge in [0.2, 0.25) is 5.91 Å². The molecule has 6 heteroatoms. The van der Waals surface area contributed by atoms with E-state index in [0.717, 1.165) is 62.8 Å².